The number of hydrogen-bond acceptors (Lipinski definition) is 4. The Balaban J connectivity index is 0.000000177. The number of aryl methyl sites for hydroxylation is 1. The lowest BCUT2D eigenvalue weighted by Crippen LogP contribution is -2.29. The maximum atomic E-state index is 10.5. The van der Waals surface area contributed by atoms with Gasteiger partial charge in [0.2, 0.25) is 0 Å². The first kappa shape index (κ1) is 18.4. The molecule has 1 atom stereocenters. The van der Waals surface area contributed by atoms with Crippen LogP contribution in [0.3, 0.4) is 0 Å². The fraction of sp³-hybridized carbons (Fsp3) is 0.389. The molecule has 1 unspecified atom stereocenters. The molecule has 0 saturated heterocycles. The van der Waals surface area contributed by atoms with Gasteiger partial charge >= 0.3 is 0 Å². The Morgan fingerprint density at radius 1 is 1.21 bits per heavy atom. The Morgan fingerprint density at radius 3 is 2.29 bits per heavy atom. The molecule has 0 bridgehead atoms. The molecule has 130 valence electrons. The first-order chi connectivity index (χ1) is 11.0. The third-order valence-corrected chi connectivity index (χ3v) is 5.39. The Morgan fingerprint density at radius 2 is 1.79 bits per heavy atom. The first-order valence-electron chi connectivity index (χ1n) is 7.77. The minimum atomic E-state index is -4.02. The summed E-state index contributed by atoms with van der Waals surface area (Å²) in [7, 11) is -1.97. The van der Waals surface area contributed by atoms with Gasteiger partial charge in [0.15, 0.2) is 0 Å². The van der Waals surface area contributed by atoms with E-state index in [4.69, 9.17) is 4.55 Å². The summed E-state index contributed by atoms with van der Waals surface area (Å²) in [4.78, 5) is 6.70. The van der Waals surface area contributed by atoms with E-state index in [1.165, 1.54) is 17.7 Å². The van der Waals surface area contributed by atoms with Crippen LogP contribution in [0.5, 0.6) is 0 Å². The molecule has 0 saturated carbocycles. The van der Waals surface area contributed by atoms with Crippen LogP contribution in [-0.4, -0.2) is 36.8 Å². The monoisotopic (exact) mass is 348 g/mol. The van der Waals surface area contributed by atoms with Crippen LogP contribution in [0, 0.1) is 12.3 Å². The second-order valence-corrected chi connectivity index (χ2v) is 8.09. The van der Waals surface area contributed by atoms with Crippen LogP contribution in [-0.2, 0) is 10.1 Å². The molecular formula is C18H24N2O3S. The Bertz CT molecular complexity index is 803. The number of amidine groups is 1. The number of likely N-dealkylation sites (N-methyl/N-ethyl adjacent to an activating group) is 1. The minimum absolute atomic E-state index is 0.0666. The van der Waals surface area contributed by atoms with Crippen molar-refractivity contribution in [3.05, 3.63) is 53.8 Å². The molecule has 3 rings (SSSR count). The molecule has 2 heterocycles. The molecule has 0 fully saturated rings. The normalized spacial score (nSPS) is 21.4. The van der Waals surface area contributed by atoms with Crippen molar-refractivity contribution in [3.63, 3.8) is 0 Å². The summed E-state index contributed by atoms with van der Waals surface area (Å²) < 4.78 is 29.6. The molecule has 1 aromatic carbocycles. The molecule has 6 heteroatoms. The first-order valence-corrected chi connectivity index (χ1v) is 9.21. The predicted octanol–water partition coefficient (Wildman–Crippen LogP) is 3.44. The van der Waals surface area contributed by atoms with Gasteiger partial charge in [0, 0.05) is 24.2 Å². The van der Waals surface area contributed by atoms with E-state index in [0.717, 1.165) is 11.4 Å². The van der Waals surface area contributed by atoms with Gasteiger partial charge in [0.05, 0.1) is 10.9 Å². The van der Waals surface area contributed by atoms with Crippen molar-refractivity contribution in [1.29, 1.82) is 0 Å². The lowest BCUT2D eigenvalue weighted by Gasteiger charge is -2.27. The van der Waals surface area contributed by atoms with Gasteiger partial charge < -0.3 is 4.90 Å². The maximum Gasteiger partial charge on any atom is 0.294 e. The minimum Gasteiger partial charge on any atom is -0.336 e. The van der Waals surface area contributed by atoms with E-state index >= 15 is 0 Å². The van der Waals surface area contributed by atoms with Crippen LogP contribution in [0.2, 0.25) is 0 Å². The molecule has 2 aliphatic rings. The fourth-order valence-electron chi connectivity index (χ4n) is 2.55. The van der Waals surface area contributed by atoms with Gasteiger partial charge in [-0.2, -0.15) is 8.42 Å². The second-order valence-electron chi connectivity index (χ2n) is 6.67. The Kier molecular flexibility index (Phi) is 5.01. The van der Waals surface area contributed by atoms with Gasteiger partial charge in [-0.3, -0.25) is 9.55 Å². The number of hydrogen-bond donors (Lipinski definition) is 1. The highest BCUT2D eigenvalue weighted by atomic mass is 32.2. The number of nitrogens with zero attached hydrogens (tertiary/aromatic N) is 2. The largest absolute Gasteiger partial charge is 0.336 e. The number of allylic oxidation sites excluding steroid dienone is 2. The molecule has 0 aromatic heterocycles. The zero-order valence-electron chi connectivity index (χ0n) is 14.7. The van der Waals surface area contributed by atoms with Gasteiger partial charge in [-0.05, 0) is 32.1 Å². The van der Waals surface area contributed by atoms with Gasteiger partial charge in [-0.1, -0.05) is 37.6 Å². The summed E-state index contributed by atoms with van der Waals surface area (Å²) in [6, 6.07) is 6.37. The van der Waals surface area contributed by atoms with Crippen LogP contribution in [0.1, 0.15) is 26.3 Å². The number of aliphatic imine (C=N–C) groups is 1. The summed E-state index contributed by atoms with van der Waals surface area (Å²) in [6.45, 7) is 8.54. The highest BCUT2D eigenvalue weighted by Gasteiger charge is 2.39. The highest BCUT2D eigenvalue weighted by Crippen LogP contribution is 2.40. The van der Waals surface area contributed by atoms with E-state index in [1.807, 2.05) is 6.92 Å². The van der Waals surface area contributed by atoms with Crippen molar-refractivity contribution in [2.24, 2.45) is 10.4 Å². The number of benzene rings is 1. The summed E-state index contributed by atoms with van der Waals surface area (Å²) in [6.07, 6.45) is 6.33. The third kappa shape index (κ3) is 3.76. The van der Waals surface area contributed by atoms with Crippen LogP contribution in [0.25, 0.3) is 0 Å². The zero-order chi connectivity index (χ0) is 18.1. The molecule has 24 heavy (non-hydrogen) atoms. The van der Waals surface area contributed by atoms with E-state index in [0.29, 0.717) is 6.04 Å². The standard InChI is InChI=1S/C11H16N2.C7H8O3S/c1-8-11(2,3)9-6-5-7-13(4)10(9)12-8;1-6-2-4-7(5-3-6)11(8,9)10/h5-8H,1-4H3;2-5H,1H3,(H,8,9,10). The molecule has 5 nitrogen and oxygen atoms in total. The third-order valence-electron chi connectivity index (χ3n) is 4.52. The zero-order valence-corrected chi connectivity index (χ0v) is 15.5. The fourth-order valence-corrected chi connectivity index (χ4v) is 3.03. The number of fused-ring (bicyclic) bond motifs is 1. The SMILES string of the molecule is CC1N=C2C(=CC=CN2C)C1(C)C.Cc1ccc(S(=O)(=O)O)cc1. The molecule has 0 aliphatic carbocycles. The van der Waals surface area contributed by atoms with E-state index in [2.05, 4.69) is 56.1 Å². The van der Waals surface area contributed by atoms with Crippen molar-refractivity contribution >= 4 is 16.0 Å². The van der Waals surface area contributed by atoms with Gasteiger partial charge in [0.1, 0.15) is 5.84 Å². The van der Waals surface area contributed by atoms with Crippen LogP contribution in [0.15, 0.2) is 58.1 Å². The molecule has 1 aromatic rings. The lowest BCUT2D eigenvalue weighted by molar-refractivity contribution is 0.403. The van der Waals surface area contributed by atoms with Gasteiger partial charge in [0.25, 0.3) is 10.1 Å². The highest BCUT2D eigenvalue weighted by molar-refractivity contribution is 7.85. The molecule has 2 aliphatic heterocycles. The number of rotatable bonds is 1. The van der Waals surface area contributed by atoms with Crippen LogP contribution in [0.4, 0.5) is 0 Å². The van der Waals surface area contributed by atoms with Crippen molar-refractivity contribution in [1.82, 2.24) is 4.90 Å². The van der Waals surface area contributed by atoms with Crippen molar-refractivity contribution < 1.29 is 13.0 Å². The van der Waals surface area contributed by atoms with Gasteiger partial charge in [-0.25, -0.2) is 0 Å². The second kappa shape index (κ2) is 6.53. The Hall–Kier alpha value is -1.92. The van der Waals surface area contributed by atoms with Crippen molar-refractivity contribution in [2.45, 2.75) is 38.6 Å². The lowest BCUT2D eigenvalue weighted by atomic mass is 9.79. The van der Waals surface area contributed by atoms with Crippen molar-refractivity contribution in [3.8, 4) is 0 Å². The van der Waals surface area contributed by atoms with E-state index in [9.17, 15) is 8.42 Å². The average molecular weight is 348 g/mol. The molecule has 0 amide bonds. The van der Waals surface area contributed by atoms with E-state index < -0.39 is 10.1 Å². The topological polar surface area (TPSA) is 70.0 Å². The Labute approximate surface area is 144 Å². The van der Waals surface area contributed by atoms with E-state index in [-0.39, 0.29) is 10.3 Å². The van der Waals surface area contributed by atoms with Crippen LogP contribution < -0.4 is 0 Å². The van der Waals surface area contributed by atoms with E-state index in [1.54, 1.807) is 12.1 Å². The summed E-state index contributed by atoms with van der Waals surface area (Å²) in [5.74, 6) is 1.14. The van der Waals surface area contributed by atoms with Crippen molar-refractivity contribution in [2.75, 3.05) is 7.05 Å². The van der Waals surface area contributed by atoms with Gasteiger partial charge in [-0.15, -0.1) is 0 Å². The summed E-state index contributed by atoms with van der Waals surface area (Å²) >= 11 is 0. The molecule has 0 spiro atoms. The maximum absolute atomic E-state index is 10.5. The average Bonchev–Trinajstić information content (AvgIpc) is 2.72. The molecule has 1 N–H and O–H groups in total. The smallest absolute Gasteiger partial charge is 0.294 e. The summed E-state index contributed by atoms with van der Waals surface area (Å²) in [5, 5.41) is 0. The molecular weight excluding hydrogens is 324 g/mol. The predicted molar refractivity (Wildman–Crippen MR) is 96.7 cm³/mol. The molecule has 0 radical (unpaired) electrons. The quantitative estimate of drug-likeness (QED) is 0.789. The van der Waals surface area contributed by atoms with Crippen LogP contribution >= 0.6 is 0 Å². The summed E-state index contributed by atoms with van der Waals surface area (Å²) in [5.41, 5.74) is 2.51.